The number of imide groups is 1. The molecule has 5 nitrogen and oxygen atoms in total. The van der Waals surface area contributed by atoms with Crippen molar-refractivity contribution in [2.75, 3.05) is 11.9 Å². The first-order chi connectivity index (χ1) is 13.6. The average Bonchev–Trinajstić information content (AvgIpc) is 3.19. The molecule has 28 heavy (non-hydrogen) atoms. The molecule has 1 N–H and O–H groups in total. The van der Waals surface area contributed by atoms with Gasteiger partial charge in [-0.15, -0.1) is 0 Å². The normalized spacial score (nSPS) is 13.9. The van der Waals surface area contributed by atoms with Crippen LogP contribution in [0.1, 0.15) is 31.8 Å². The van der Waals surface area contributed by atoms with Crippen LogP contribution in [0.3, 0.4) is 0 Å². The topological polar surface area (TPSA) is 66.5 Å². The maximum absolute atomic E-state index is 12.5. The first-order valence-corrected chi connectivity index (χ1v) is 9.08. The van der Waals surface area contributed by atoms with Crippen LogP contribution in [-0.4, -0.2) is 29.2 Å². The van der Waals surface area contributed by atoms with Gasteiger partial charge in [-0.2, -0.15) is 0 Å². The van der Waals surface area contributed by atoms with Crippen molar-refractivity contribution in [3.8, 4) is 11.1 Å². The predicted molar refractivity (Wildman–Crippen MR) is 105 cm³/mol. The van der Waals surface area contributed by atoms with E-state index in [1.807, 2.05) is 30.3 Å². The molecule has 0 atom stereocenters. The Bertz CT molecular complexity index is 1130. The zero-order valence-corrected chi connectivity index (χ0v) is 14.9. The highest BCUT2D eigenvalue weighted by molar-refractivity contribution is 6.22. The van der Waals surface area contributed by atoms with Crippen LogP contribution < -0.4 is 5.32 Å². The summed E-state index contributed by atoms with van der Waals surface area (Å²) in [4.78, 5) is 38.3. The molecule has 0 fully saturated rings. The van der Waals surface area contributed by atoms with Gasteiger partial charge in [-0.25, -0.2) is 0 Å². The van der Waals surface area contributed by atoms with Gasteiger partial charge in [0.2, 0.25) is 5.91 Å². The van der Waals surface area contributed by atoms with Gasteiger partial charge in [-0.1, -0.05) is 42.5 Å². The molecule has 0 bridgehead atoms. The second kappa shape index (κ2) is 6.16. The Labute approximate surface area is 161 Å². The number of fused-ring (bicyclic) bond motifs is 4. The zero-order valence-electron chi connectivity index (χ0n) is 14.9. The Hall–Kier alpha value is -3.73. The highest BCUT2D eigenvalue weighted by atomic mass is 16.2. The molecule has 0 saturated carbocycles. The van der Waals surface area contributed by atoms with Crippen molar-refractivity contribution >= 4 is 23.4 Å². The van der Waals surface area contributed by atoms with Crippen molar-refractivity contribution in [2.24, 2.45) is 0 Å². The number of hydrogen-bond acceptors (Lipinski definition) is 3. The average molecular weight is 368 g/mol. The zero-order chi connectivity index (χ0) is 19.3. The van der Waals surface area contributed by atoms with Gasteiger partial charge in [0, 0.05) is 5.69 Å². The minimum Gasteiger partial charge on any atom is -0.325 e. The number of carbonyl (C=O) groups is 3. The number of benzene rings is 3. The molecule has 2 aliphatic rings. The Balaban J connectivity index is 1.34. The Morgan fingerprint density at radius 2 is 1.39 bits per heavy atom. The van der Waals surface area contributed by atoms with Crippen LogP contribution in [0, 0.1) is 0 Å². The highest BCUT2D eigenvalue weighted by Gasteiger charge is 2.36. The standard InChI is InChI=1S/C23H16N2O3/c26-21(13-25-22(27)18-7-3-4-8-19(18)23(25)28)24-16-10-9-15-11-14-5-1-2-6-17(14)20(15)12-16/h1-10,12H,11,13H2,(H,24,26). The number of anilines is 1. The van der Waals surface area contributed by atoms with E-state index in [-0.39, 0.29) is 6.54 Å². The summed E-state index contributed by atoms with van der Waals surface area (Å²) >= 11 is 0. The summed E-state index contributed by atoms with van der Waals surface area (Å²) in [6.45, 7) is -0.306. The predicted octanol–water partition coefficient (Wildman–Crippen LogP) is 3.49. The van der Waals surface area contributed by atoms with Gasteiger partial charge in [-0.3, -0.25) is 19.3 Å². The first kappa shape index (κ1) is 16.4. The van der Waals surface area contributed by atoms with E-state index in [4.69, 9.17) is 0 Å². The van der Waals surface area contributed by atoms with Crippen LogP contribution >= 0.6 is 0 Å². The van der Waals surface area contributed by atoms with Gasteiger partial charge < -0.3 is 5.32 Å². The van der Waals surface area contributed by atoms with Gasteiger partial charge in [0.1, 0.15) is 6.54 Å². The number of carbonyl (C=O) groups excluding carboxylic acids is 3. The van der Waals surface area contributed by atoms with E-state index in [1.54, 1.807) is 24.3 Å². The van der Waals surface area contributed by atoms with E-state index in [1.165, 1.54) is 16.7 Å². The second-order valence-corrected chi connectivity index (χ2v) is 7.00. The van der Waals surface area contributed by atoms with Crippen molar-refractivity contribution in [2.45, 2.75) is 6.42 Å². The third kappa shape index (κ3) is 2.52. The van der Waals surface area contributed by atoms with Gasteiger partial charge in [-0.05, 0) is 52.9 Å². The van der Waals surface area contributed by atoms with Gasteiger partial charge >= 0.3 is 0 Å². The summed E-state index contributed by atoms with van der Waals surface area (Å²) in [5.74, 6) is -1.27. The summed E-state index contributed by atoms with van der Waals surface area (Å²) in [6.07, 6.45) is 0.884. The molecule has 3 aromatic carbocycles. The summed E-state index contributed by atoms with van der Waals surface area (Å²) in [5, 5.41) is 2.81. The van der Waals surface area contributed by atoms with Crippen LogP contribution in [0.5, 0.6) is 0 Å². The van der Waals surface area contributed by atoms with E-state index in [2.05, 4.69) is 17.4 Å². The molecule has 3 aromatic rings. The minimum absolute atomic E-state index is 0.306. The van der Waals surface area contributed by atoms with Gasteiger partial charge in [0.05, 0.1) is 11.1 Å². The van der Waals surface area contributed by atoms with Gasteiger partial charge in [0.25, 0.3) is 11.8 Å². The number of amides is 3. The lowest BCUT2D eigenvalue weighted by Crippen LogP contribution is -2.37. The van der Waals surface area contributed by atoms with Gasteiger partial charge in [0.15, 0.2) is 0 Å². The molecule has 1 heterocycles. The number of nitrogens with zero attached hydrogens (tertiary/aromatic N) is 1. The monoisotopic (exact) mass is 368 g/mol. The van der Waals surface area contributed by atoms with Crippen molar-refractivity contribution in [3.63, 3.8) is 0 Å². The fraction of sp³-hybridized carbons (Fsp3) is 0.0870. The maximum atomic E-state index is 12.5. The summed E-state index contributed by atoms with van der Waals surface area (Å²) < 4.78 is 0. The molecular weight excluding hydrogens is 352 g/mol. The first-order valence-electron chi connectivity index (χ1n) is 9.08. The summed E-state index contributed by atoms with van der Waals surface area (Å²) in [5.41, 5.74) is 6.11. The Morgan fingerprint density at radius 1 is 0.786 bits per heavy atom. The lowest BCUT2D eigenvalue weighted by molar-refractivity contribution is -0.116. The lowest BCUT2D eigenvalue weighted by atomic mass is 10.1. The van der Waals surface area contributed by atoms with E-state index < -0.39 is 17.7 Å². The molecule has 0 spiro atoms. The Kier molecular flexibility index (Phi) is 3.62. The molecule has 3 amide bonds. The van der Waals surface area contributed by atoms with E-state index in [0.29, 0.717) is 16.8 Å². The fourth-order valence-electron chi connectivity index (χ4n) is 3.93. The number of rotatable bonds is 3. The quantitative estimate of drug-likeness (QED) is 0.563. The van der Waals surface area contributed by atoms with E-state index in [9.17, 15) is 14.4 Å². The van der Waals surface area contributed by atoms with Crippen LogP contribution in [0.25, 0.3) is 11.1 Å². The van der Waals surface area contributed by atoms with Crippen molar-refractivity contribution in [1.29, 1.82) is 0 Å². The molecule has 1 aliphatic carbocycles. The van der Waals surface area contributed by atoms with Crippen molar-refractivity contribution in [1.82, 2.24) is 4.90 Å². The largest absolute Gasteiger partial charge is 0.325 e. The second-order valence-electron chi connectivity index (χ2n) is 7.00. The fourth-order valence-corrected chi connectivity index (χ4v) is 3.93. The smallest absolute Gasteiger partial charge is 0.262 e. The molecule has 136 valence electrons. The summed E-state index contributed by atoms with van der Waals surface area (Å²) in [6, 6.07) is 20.6. The number of nitrogens with one attached hydrogen (secondary N) is 1. The molecule has 0 radical (unpaired) electrons. The molecule has 0 aromatic heterocycles. The number of hydrogen-bond donors (Lipinski definition) is 1. The highest BCUT2D eigenvalue weighted by Crippen LogP contribution is 2.37. The van der Waals surface area contributed by atoms with Crippen LogP contribution in [0.4, 0.5) is 5.69 Å². The third-order valence-corrected chi connectivity index (χ3v) is 5.26. The van der Waals surface area contributed by atoms with Crippen LogP contribution in [0.2, 0.25) is 0 Å². The van der Waals surface area contributed by atoms with Crippen LogP contribution in [0.15, 0.2) is 66.7 Å². The maximum Gasteiger partial charge on any atom is 0.262 e. The molecular formula is C23H16N2O3. The third-order valence-electron chi connectivity index (χ3n) is 5.26. The SMILES string of the molecule is O=C(CN1C(=O)c2ccccc2C1=O)Nc1ccc2c(c1)-c1ccccc1C2. The minimum atomic E-state index is -0.432. The lowest BCUT2D eigenvalue weighted by Gasteiger charge is -2.14. The summed E-state index contributed by atoms with van der Waals surface area (Å²) in [7, 11) is 0. The molecule has 1 aliphatic heterocycles. The van der Waals surface area contributed by atoms with E-state index >= 15 is 0 Å². The Morgan fingerprint density at radius 3 is 2.11 bits per heavy atom. The molecule has 5 heteroatoms. The molecule has 5 rings (SSSR count). The molecule has 0 unspecified atom stereocenters. The van der Waals surface area contributed by atoms with E-state index in [0.717, 1.165) is 16.9 Å². The van der Waals surface area contributed by atoms with Crippen molar-refractivity contribution in [3.05, 3.63) is 89.0 Å². The van der Waals surface area contributed by atoms with Crippen molar-refractivity contribution < 1.29 is 14.4 Å². The molecule has 0 saturated heterocycles. The van der Waals surface area contributed by atoms with Crippen LogP contribution in [-0.2, 0) is 11.2 Å².